The predicted octanol–water partition coefficient (Wildman–Crippen LogP) is 3.14. The molecule has 1 fully saturated rings. The van der Waals surface area contributed by atoms with Gasteiger partial charge in [-0.15, -0.1) is 11.8 Å². The summed E-state index contributed by atoms with van der Waals surface area (Å²) in [7, 11) is 0. The Kier molecular flexibility index (Phi) is 5.39. The van der Waals surface area contributed by atoms with Crippen LogP contribution in [-0.4, -0.2) is 29.7 Å². The van der Waals surface area contributed by atoms with E-state index in [-0.39, 0.29) is 16.9 Å². The first kappa shape index (κ1) is 16.0. The molecule has 1 aromatic carbocycles. The fourth-order valence-corrected chi connectivity index (χ4v) is 3.14. The van der Waals surface area contributed by atoms with E-state index >= 15 is 0 Å². The van der Waals surface area contributed by atoms with Gasteiger partial charge < -0.3 is 10.1 Å². The monoisotopic (exact) mass is 319 g/mol. The molecule has 0 spiro atoms. The van der Waals surface area contributed by atoms with Gasteiger partial charge in [0.15, 0.2) is 6.61 Å². The third kappa shape index (κ3) is 5.49. The molecule has 1 aromatic rings. The van der Waals surface area contributed by atoms with Gasteiger partial charge in [-0.05, 0) is 36.3 Å². The van der Waals surface area contributed by atoms with Crippen molar-refractivity contribution >= 4 is 17.7 Å². The van der Waals surface area contributed by atoms with Crippen LogP contribution in [0.1, 0.15) is 18.4 Å². The minimum absolute atomic E-state index is 0.0231. The van der Waals surface area contributed by atoms with E-state index < -0.39 is 12.8 Å². The lowest BCUT2D eigenvalue weighted by Crippen LogP contribution is -2.30. The van der Waals surface area contributed by atoms with E-state index in [9.17, 15) is 18.0 Å². The number of ether oxygens (including phenoxy) is 1. The van der Waals surface area contributed by atoms with Crippen LogP contribution in [-0.2, 0) is 11.3 Å². The van der Waals surface area contributed by atoms with Crippen LogP contribution in [0.15, 0.2) is 24.3 Å². The van der Waals surface area contributed by atoms with Crippen molar-refractivity contribution in [3.05, 3.63) is 29.8 Å². The highest BCUT2D eigenvalue weighted by molar-refractivity contribution is 8.00. The van der Waals surface area contributed by atoms with Crippen molar-refractivity contribution in [2.75, 3.05) is 12.4 Å². The van der Waals surface area contributed by atoms with Crippen LogP contribution in [0.4, 0.5) is 13.2 Å². The van der Waals surface area contributed by atoms with Gasteiger partial charge in [0.25, 0.3) is 0 Å². The van der Waals surface area contributed by atoms with Gasteiger partial charge in [-0.25, -0.2) is 0 Å². The Morgan fingerprint density at radius 2 is 2.05 bits per heavy atom. The van der Waals surface area contributed by atoms with E-state index in [1.54, 1.807) is 23.9 Å². The van der Waals surface area contributed by atoms with Crippen molar-refractivity contribution in [2.45, 2.75) is 30.8 Å². The molecule has 1 aliphatic rings. The summed E-state index contributed by atoms with van der Waals surface area (Å²) in [5.41, 5.74) is 0.825. The molecule has 1 aliphatic heterocycles. The number of carbonyl (C=O) groups excluding carboxylic acids is 1. The average molecular weight is 319 g/mol. The summed E-state index contributed by atoms with van der Waals surface area (Å²) in [6.45, 7) is -0.933. The quantitative estimate of drug-likeness (QED) is 0.906. The fraction of sp³-hybridized carbons (Fsp3) is 0.500. The molecule has 1 heterocycles. The fourth-order valence-electron chi connectivity index (χ4n) is 1.96. The molecular weight excluding hydrogens is 303 g/mol. The largest absolute Gasteiger partial charge is 0.484 e. The number of nitrogens with one attached hydrogen (secondary N) is 1. The molecule has 2 rings (SSSR count). The maximum atomic E-state index is 12.0. The molecule has 0 aromatic heterocycles. The van der Waals surface area contributed by atoms with Gasteiger partial charge in [0.2, 0.25) is 5.91 Å². The second-order valence-electron chi connectivity index (χ2n) is 4.77. The number of hydrogen-bond donors (Lipinski definition) is 1. The highest BCUT2D eigenvalue weighted by Crippen LogP contribution is 2.26. The molecule has 1 amide bonds. The van der Waals surface area contributed by atoms with Crippen LogP contribution < -0.4 is 10.1 Å². The maximum absolute atomic E-state index is 12.0. The lowest BCUT2D eigenvalue weighted by molar-refractivity contribution is -0.153. The number of benzene rings is 1. The minimum atomic E-state index is -4.34. The summed E-state index contributed by atoms with van der Waals surface area (Å²) in [5.74, 6) is 1.20. The van der Waals surface area contributed by atoms with Crippen molar-refractivity contribution in [1.29, 1.82) is 0 Å². The molecule has 0 radical (unpaired) electrons. The first-order valence-corrected chi connectivity index (χ1v) is 7.67. The Hall–Kier alpha value is -1.37. The van der Waals surface area contributed by atoms with Crippen LogP contribution in [0.3, 0.4) is 0 Å². The van der Waals surface area contributed by atoms with E-state index in [1.807, 2.05) is 0 Å². The van der Waals surface area contributed by atoms with E-state index in [4.69, 9.17) is 0 Å². The van der Waals surface area contributed by atoms with Gasteiger partial charge in [-0.1, -0.05) is 12.1 Å². The highest BCUT2D eigenvalue weighted by atomic mass is 32.2. The second kappa shape index (κ2) is 7.06. The number of hydrogen-bond acceptors (Lipinski definition) is 3. The van der Waals surface area contributed by atoms with Gasteiger partial charge >= 0.3 is 6.18 Å². The smallest absolute Gasteiger partial charge is 0.422 e. The Morgan fingerprint density at radius 1 is 1.33 bits per heavy atom. The molecule has 0 saturated carbocycles. The SMILES string of the molecule is O=C(NCc1ccc(OCC(F)(F)F)cc1)C1CCCS1. The lowest BCUT2D eigenvalue weighted by atomic mass is 10.2. The molecule has 0 aliphatic carbocycles. The Morgan fingerprint density at radius 3 is 2.62 bits per heavy atom. The zero-order valence-electron chi connectivity index (χ0n) is 11.3. The number of amides is 1. The number of carbonyl (C=O) groups is 1. The Balaban J connectivity index is 1.78. The van der Waals surface area contributed by atoms with E-state index in [1.165, 1.54) is 12.1 Å². The van der Waals surface area contributed by atoms with E-state index in [2.05, 4.69) is 10.1 Å². The molecule has 1 N–H and O–H groups in total. The van der Waals surface area contributed by atoms with Crippen molar-refractivity contribution in [1.82, 2.24) is 5.32 Å². The lowest BCUT2D eigenvalue weighted by Gasteiger charge is -2.11. The Labute approximate surface area is 125 Å². The van der Waals surface area contributed by atoms with Crippen LogP contribution in [0.2, 0.25) is 0 Å². The van der Waals surface area contributed by atoms with Crippen LogP contribution in [0.25, 0.3) is 0 Å². The molecule has 116 valence electrons. The molecule has 7 heteroatoms. The number of thioether (sulfide) groups is 1. The van der Waals surface area contributed by atoms with Crippen LogP contribution >= 0.6 is 11.8 Å². The average Bonchev–Trinajstić information content (AvgIpc) is 2.97. The van der Waals surface area contributed by atoms with E-state index in [0.717, 1.165) is 24.2 Å². The first-order valence-electron chi connectivity index (χ1n) is 6.62. The molecular formula is C14H16F3NO2S. The maximum Gasteiger partial charge on any atom is 0.422 e. The van der Waals surface area contributed by atoms with Crippen molar-refractivity contribution in [2.24, 2.45) is 0 Å². The third-order valence-electron chi connectivity index (χ3n) is 3.01. The summed E-state index contributed by atoms with van der Waals surface area (Å²) in [5, 5.41) is 2.86. The normalized spacial score (nSPS) is 18.5. The molecule has 3 nitrogen and oxygen atoms in total. The summed E-state index contributed by atoms with van der Waals surface area (Å²) >= 11 is 1.66. The third-order valence-corrected chi connectivity index (χ3v) is 4.39. The van der Waals surface area contributed by atoms with Crippen molar-refractivity contribution in [3.8, 4) is 5.75 Å². The zero-order chi connectivity index (χ0) is 15.3. The minimum Gasteiger partial charge on any atom is -0.484 e. The van der Waals surface area contributed by atoms with Crippen molar-refractivity contribution in [3.63, 3.8) is 0 Å². The number of rotatable bonds is 5. The van der Waals surface area contributed by atoms with Gasteiger partial charge in [-0.2, -0.15) is 13.2 Å². The number of halogens is 3. The summed E-state index contributed by atoms with van der Waals surface area (Å²) in [6, 6.07) is 6.23. The molecule has 21 heavy (non-hydrogen) atoms. The van der Waals surface area contributed by atoms with Crippen LogP contribution in [0, 0.1) is 0 Å². The predicted molar refractivity (Wildman–Crippen MR) is 75.3 cm³/mol. The van der Waals surface area contributed by atoms with E-state index in [0.29, 0.717) is 6.54 Å². The Bertz CT molecular complexity index is 470. The van der Waals surface area contributed by atoms with Crippen molar-refractivity contribution < 1.29 is 22.7 Å². The summed E-state index contributed by atoms with van der Waals surface area (Å²) < 4.78 is 40.6. The number of alkyl halides is 3. The first-order chi connectivity index (χ1) is 9.94. The summed E-state index contributed by atoms with van der Waals surface area (Å²) in [4.78, 5) is 11.8. The molecule has 0 bridgehead atoms. The zero-order valence-corrected chi connectivity index (χ0v) is 12.1. The topological polar surface area (TPSA) is 38.3 Å². The molecule has 1 saturated heterocycles. The van der Waals surface area contributed by atoms with Gasteiger partial charge in [0.05, 0.1) is 5.25 Å². The van der Waals surface area contributed by atoms with Gasteiger partial charge in [-0.3, -0.25) is 4.79 Å². The van der Waals surface area contributed by atoms with Gasteiger partial charge in [0.1, 0.15) is 5.75 Å². The van der Waals surface area contributed by atoms with Crippen LogP contribution in [0.5, 0.6) is 5.75 Å². The second-order valence-corrected chi connectivity index (χ2v) is 6.08. The van der Waals surface area contributed by atoms with Gasteiger partial charge in [0, 0.05) is 6.54 Å². The molecule has 1 atom stereocenters. The summed E-state index contributed by atoms with van der Waals surface area (Å²) in [6.07, 6.45) is -2.37. The highest BCUT2D eigenvalue weighted by Gasteiger charge is 2.28. The molecule has 1 unspecified atom stereocenters. The standard InChI is InChI=1S/C14H16F3NO2S/c15-14(16,17)9-20-11-5-3-10(4-6-11)8-18-13(19)12-2-1-7-21-12/h3-6,12H,1-2,7-9H2,(H,18,19).